The first kappa shape index (κ1) is 31.0. The van der Waals surface area contributed by atoms with Crippen LogP contribution in [0.15, 0.2) is 35.2 Å². The number of sulfone groups is 1. The van der Waals surface area contributed by atoms with Crippen molar-refractivity contribution in [2.24, 2.45) is 0 Å². The van der Waals surface area contributed by atoms with Crippen molar-refractivity contribution in [1.29, 1.82) is 0 Å². The van der Waals surface area contributed by atoms with E-state index in [-0.39, 0.29) is 21.8 Å². The smallest absolute Gasteiger partial charge is 0.259 e. The number of likely N-dealkylation sites (N-methyl/N-ethyl adjacent to an activating group) is 1. The van der Waals surface area contributed by atoms with Crippen LogP contribution in [-0.2, 0) is 14.6 Å². The maximum absolute atomic E-state index is 13.4. The quantitative estimate of drug-likeness (QED) is 0.350. The van der Waals surface area contributed by atoms with Crippen molar-refractivity contribution in [2.45, 2.75) is 31.3 Å². The number of rotatable bonds is 10. The summed E-state index contributed by atoms with van der Waals surface area (Å²) in [5.74, 6) is 0.306. The summed E-state index contributed by atoms with van der Waals surface area (Å²) >= 11 is 7.77. The Morgan fingerprint density at radius 3 is 2.71 bits per heavy atom. The monoisotopic (exact) mass is 635 g/mol. The second-order valence-electron chi connectivity index (χ2n) is 10.8. The molecule has 0 spiro atoms. The van der Waals surface area contributed by atoms with Crippen molar-refractivity contribution in [3.05, 3.63) is 40.9 Å². The molecule has 1 atom stereocenters. The van der Waals surface area contributed by atoms with Gasteiger partial charge in [0.25, 0.3) is 5.91 Å². The third kappa shape index (κ3) is 7.35. The average Bonchev–Trinajstić information content (AvgIpc) is 3.36. The maximum atomic E-state index is 13.4. The molecule has 2 aromatic carbocycles. The van der Waals surface area contributed by atoms with Gasteiger partial charge in [0.05, 0.1) is 56.5 Å². The first-order valence-corrected chi connectivity index (χ1v) is 17.2. The molecule has 3 heterocycles. The molecule has 5 rings (SSSR count). The molecule has 228 valence electrons. The maximum Gasteiger partial charge on any atom is 0.259 e. The summed E-state index contributed by atoms with van der Waals surface area (Å²) in [4.78, 5) is 24.9. The number of morpholine rings is 1. The second kappa shape index (κ2) is 13.4. The Morgan fingerprint density at radius 2 is 1.98 bits per heavy atom. The molecule has 2 aliphatic heterocycles. The molecule has 1 aromatic heterocycles. The van der Waals surface area contributed by atoms with E-state index in [1.807, 2.05) is 13.8 Å². The number of halogens is 1. The topological polar surface area (TPSA) is 104 Å². The fourth-order valence-corrected chi connectivity index (χ4v) is 7.79. The Hall–Kier alpha value is -2.48. The lowest BCUT2D eigenvalue weighted by molar-refractivity contribution is 0.0530. The number of ether oxygens (including phenoxy) is 2. The molecule has 2 aliphatic rings. The van der Waals surface area contributed by atoms with E-state index in [1.54, 1.807) is 30.3 Å². The highest BCUT2D eigenvalue weighted by Crippen LogP contribution is 2.36. The van der Waals surface area contributed by atoms with Gasteiger partial charge in [-0.1, -0.05) is 22.9 Å². The van der Waals surface area contributed by atoms with E-state index in [4.69, 9.17) is 21.1 Å². The third-order valence-corrected chi connectivity index (χ3v) is 10.6. The van der Waals surface area contributed by atoms with E-state index in [0.29, 0.717) is 59.4 Å². The van der Waals surface area contributed by atoms with Crippen LogP contribution in [0.2, 0.25) is 5.02 Å². The van der Waals surface area contributed by atoms with E-state index in [9.17, 15) is 13.2 Å². The number of fused-ring (bicyclic) bond motifs is 1. The van der Waals surface area contributed by atoms with Gasteiger partial charge in [0.15, 0.2) is 15.0 Å². The van der Waals surface area contributed by atoms with Crippen LogP contribution in [0.3, 0.4) is 0 Å². The molecule has 0 aliphatic carbocycles. The van der Waals surface area contributed by atoms with E-state index < -0.39 is 15.7 Å². The predicted octanol–water partition coefficient (Wildman–Crippen LogP) is 4.24. The highest BCUT2D eigenvalue weighted by Gasteiger charge is 2.24. The Kier molecular flexibility index (Phi) is 9.91. The Morgan fingerprint density at radius 1 is 1.19 bits per heavy atom. The van der Waals surface area contributed by atoms with E-state index >= 15 is 0 Å². The molecule has 0 radical (unpaired) electrons. The van der Waals surface area contributed by atoms with E-state index in [1.165, 1.54) is 11.3 Å². The van der Waals surface area contributed by atoms with Gasteiger partial charge in [0.1, 0.15) is 5.75 Å². The normalized spacial score (nSPS) is 18.9. The zero-order valence-corrected chi connectivity index (χ0v) is 26.7. The Bertz CT molecular complexity index is 1520. The number of carbonyl (C=O) groups is 1. The van der Waals surface area contributed by atoms with Crippen LogP contribution in [0, 0.1) is 0 Å². The zero-order chi connectivity index (χ0) is 29.9. The zero-order valence-electron chi connectivity index (χ0n) is 24.3. The van der Waals surface area contributed by atoms with Gasteiger partial charge in [-0.05, 0) is 58.1 Å². The fourth-order valence-electron chi connectivity index (χ4n) is 5.26. The standard InChI is InChI=1S/C29H38ClN5O5S2/c1-4-39-26-18-23(30)22(17-25(26)35-13-14-40-20(2)19-35)28(36)32-29-31-24-7-6-21(16-27(24)41-29)42(37,38)15-5-8-34-11-9-33(3)10-12-34/h6-7,16-18,20H,4-5,8-15,19H2,1-3H3,(H,31,32,36)/t20-/m1/s1. The van der Waals surface area contributed by atoms with Gasteiger partial charge in [-0.15, -0.1) is 0 Å². The number of anilines is 2. The molecule has 0 bridgehead atoms. The molecule has 0 unspecified atom stereocenters. The predicted molar refractivity (Wildman–Crippen MR) is 168 cm³/mol. The fraction of sp³-hybridized carbons (Fsp3) is 0.517. The number of nitrogens with zero attached hydrogens (tertiary/aromatic N) is 4. The van der Waals surface area contributed by atoms with Crippen molar-refractivity contribution < 1.29 is 22.7 Å². The summed E-state index contributed by atoms with van der Waals surface area (Å²) in [7, 11) is -1.34. The number of hydrogen-bond acceptors (Lipinski definition) is 10. The van der Waals surface area contributed by atoms with Crippen LogP contribution in [-0.4, -0.2) is 107 Å². The van der Waals surface area contributed by atoms with Crippen molar-refractivity contribution in [1.82, 2.24) is 14.8 Å². The highest BCUT2D eigenvalue weighted by atomic mass is 35.5. The average molecular weight is 636 g/mol. The molecular weight excluding hydrogens is 598 g/mol. The van der Waals surface area contributed by atoms with Gasteiger partial charge >= 0.3 is 0 Å². The molecule has 10 nitrogen and oxygen atoms in total. The molecular formula is C29H38ClN5O5S2. The van der Waals surface area contributed by atoms with Crippen LogP contribution < -0.4 is 15.0 Å². The van der Waals surface area contributed by atoms with Crippen molar-refractivity contribution in [3.63, 3.8) is 0 Å². The van der Waals surface area contributed by atoms with Gasteiger partial charge in [0.2, 0.25) is 0 Å². The number of aromatic nitrogens is 1. The minimum atomic E-state index is -3.44. The number of hydrogen-bond donors (Lipinski definition) is 1. The first-order valence-electron chi connectivity index (χ1n) is 14.3. The molecule has 42 heavy (non-hydrogen) atoms. The summed E-state index contributed by atoms with van der Waals surface area (Å²) < 4.78 is 38.4. The van der Waals surface area contributed by atoms with Crippen LogP contribution in [0.5, 0.6) is 5.75 Å². The SMILES string of the molecule is CCOc1cc(Cl)c(C(=O)Nc2nc3ccc(S(=O)(=O)CCCN4CCN(C)CC4)cc3s2)cc1N1CCO[C@H](C)C1. The minimum absolute atomic E-state index is 0.0505. The summed E-state index contributed by atoms with van der Waals surface area (Å²) in [5.41, 5.74) is 1.71. The number of amides is 1. The largest absolute Gasteiger partial charge is 0.492 e. The third-order valence-electron chi connectivity index (χ3n) is 7.60. The molecule has 0 saturated carbocycles. The second-order valence-corrected chi connectivity index (χ2v) is 14.3. The summed E-state index contributed by atoms with van der Waals surface area (Å²) in [6, 6.07) is 8.36. The minimum Gasteiger partial charge on any atom is -0.492 e. The van der Waals surface area contributed by atoms with Crippen molar-refractivity contribution >= 4 is 59.7 Å². The molecule has 3 aromatic rings. The highest BCUT2D eigenvalue weighted by molar-refractivity contribution is 7.91. The van der Waals surface area contributed by atoms with Crippen molar-refractivity contribution in [2.75, 3.05) is 82.0 Å². The number of carbonyl (C=O) groups excluding carboxylic acids is 1. The van der Waals surface area contributed by atoms with Crippen LogP contribution >= 0.6 is 22.9 Å². The van der Waals surface area contributed by atoms with Crippen LogP contribution in [0.1, 0.15) is 30.6 Å². The number of benzene rings is 2. The van der Waals surface area contributed by atoms with Crippen LogP contribution in [0.4, 0.5) is 10.8 Å². The van der Waals surface area contributed by atoms with Gasteiger partial charge < -0.3 is 24.2 Å². The number of nitrogens with one attached hydrogen (secondary N) is 1. The van der Waals surface area contributed by atoms with Gasteiger partial charge in [-0.2, -0.15) is 0 Å². The van der Waals surface area contributed by atoms with E-state index in [2.05, 4.69) is 32.0 Å². The molecule has 13 heteroatoms. The van der Waals surface area contributed by atoms with Crippen molar-refractivity contribution in [3.8, 4) is 5.75 Å². The molecule has 2 fully saturated rings. The van der Waals surface area contributed by atoms with Gasteiger partial charge in [-0.3, -0.25) is 10.1 Å². The Balaban J connectivity index is 1.29. The summed E-state index contributed by atoms with van der Waals surface area (Å²) in [5, 5.41) is 3.49. The number of piperazine rings is 1. The number of thiazole rings is 1. The summed E-state index contributed by atoms with van der Waals surface area (Å²) in [6.07, 6.45) is 0.636. The van der Waals surface area contributed by atoms with Gasteiger partial charge in [0, 0.05) is 45.3 Å². The lowest BCUT2D eigenvalue weighted by Crippen LogP contribution is -2.44. The lowest BCUT2D eigenvalue weighted by Gasteiger charge is -2.34. The first-order chi connectivity index (χ1) is 20.1. The van der Waals surface area contributed by atoms with Gasteiger partial charge in [-0.25, -0.2) is 13.4 Å². The lowest BCUT2D eigenvalue weighted by atomic mass is 10.1. The molecule has 1 amide bonds. The van der Waals surface area contributed by atoms with E-state index in [0.717, 1.165) is 38.4 Å². The molecule has 1 N–H and O–H groups in total. The Labute approximate surface area is 256 Å². The molecule has 2 saturated heterocycles. The van der Waals surface area contributed by atoms with Crippen LogP contribution in [0.25, 0.3) is 10.2 Å². The summed E-state index contributed by atoms with van der Waals surface area (Å²) in [6.45, 7) is 11.0.